The molecule has 0 saturated heterocycles. The molecular weight excluding hydrogens is 368 g/mol. The molecule has 4 N–H and O–H groups in total. The van der Waals surface area contributed by atoms with E-state index in [-0.39, 0.29) is 13.2 Å². The Morgan fingerprint density at radius 1 is 0.893 bits per heavy atom. The molecule has 0 aliphatic carbocycles. The summed E-state index contributed by atoms with van der Waals surface area (Å²) in [5, 5.41) is 22.1. The first kappa shape index (κ1) is 20.7. The van der Waals surface area contributed by atoms with E-state index in [1.165, 1.54) is 26.6 Å². The number of H-pyrrole nitrogens is 1. The Balaban J connectivity index is 1.59. The molecule has 28 heavy (non-hydrogen) atoms. The third-order valence-electron chi connectivity index (χ3n) is 5.18. The topological polar surface area (TPSA) is 68.3 Å². The van der Waals surface area contributed by atoms with Gasteiger partial charge in [0.25, 0.3) is 0 Å². The summed E-state index contributed by atoms with van der Waals surface area (Å²) >= 11 is 1.74. The summed E-state index contributed by atoms with van der Waals surface area (Å²) in [5.41, 5.74) is 4.07. The molecule has 148 valence electrons. The number of benzene rings is 2. The Morgan fingerprint density at radius 3 is 2.00 bits per heavy atom. The number of likely N-dealkylation sites (N-methyl/N-ethyl adjacent to an activating group) is 1. The van der Waals surface area contributed by atoms with E-state index in [1.807, 2.05) is 0 Å². The van der Waals surface area contributed by atoms with Crippen molar-refractivity contribution >= 4 is 11.8 Å². The van der Waals surface area contributed by atoms with Crippen molar-refractivity contribution in [2.24, 2.45) is 0 Å². The molecular formula is C23H28N2O2S. The van der Waals surface area contributed by atoms with Crippen molar-refractivity contribution in [2.45, 2.75) is 35.1 Å². The van der Waals surface area contributed by atoms with E-state index >= 15 is 0 Å². The number of aromatic amines is 1. The number of hydrogen-bond acceptors (Lipinski definition) is 4. The van der Waals surface area contributed by atoms with E-state index in [0.29, 0.717) is 6.42 Å². The minimum Gasteiger partial charge on any atom is -0.394 e. The predicted octanol–water partition coefficient (Wildman–Crippen LogP) is 4.02. The molecule has 4 nitrogen and oxygen atoms in total. The fraction of sp³-hybridized carbons (Fsp3) is 0.304. The lowest BCUT2D eigenvalue weighted by molar-refractivity contribution is 0.0906. The van der Waals surface area contributed by atoms with Crippen LogP contribution in [0.15, 0.2) is 70.5 Å². The summed E-state index contributed by atoms with van der Waals surface area (Å²) in [4.78, 5) is 5.75. The molecule has 0 fully saturated rings. The average molecular weight is 397 g/mol. The van der Waals surface area contributed by atoms with Gasteiger partial charge in [0.2, 0.25) is 0 Å². The van der Waals surface area contributed by atoms with Gasteiger partial charge in [-0.15, -0.1) is 0 Å². The minimum atomic E-state index is -0.618. The van der Waals surface area contributed by atoms with Crippen molar-refractivity contribution in [1.29, 1.82) is 0 Å². The molecule has 2 aromatic carbocycles. The van der Waals surface area contributed by atoms with Crippen molar-refractivity contribution in [1.82, 2.24) is 10.3 Å². The number of hydrogen-bond donors (Lipinski definition) is 4. The molecule has 0 spiro atoms. The van der Waals surface area contributed by atoms with Gasteiger partial charge < -0.3 is 20.5 Å². The maximum Gasteiger partial charge on any atom is 0.0648 e. The van der Waals surface area contributed by atoms with Crippen molar-refractivity contribution < 1.29 is 10.2 Å². The zero-order chi connectivity index (χ0) is 20.0. The monoisotopic (exact) mass is 396 g/mol. The SMILES string of the molecule is CNC(CO)(CO)CCc1ccc(Sc2ccc(-c3ccc(C)[nH]3)cc2)cc1. The van der Waals surface area contributed by atoms with Crippen LogP contribution in [0.5, 0.6) is 0 Å². The van der Waals surface area contributed by atoms with Crippen LogP contribution in [0.1, 0.15) is 17.7 Å². The second-order valence-electron chi connectivity index (χ2n) is 7.17. The third-order valence-corrected chi connectivity index (χ3v) is 6.20. The van der Waals surface area contributed by atoms with Gasteiger partial charge in [-0.1, -0.05) is 36.0 Å². The Morgan fingerprint density at radius 2 is 1.50 bits per heavy atom. The van der Waals surface area contributed by atoms with E-state index in [4.69, 9.17) is 0 Å². The third kappa shape index (κ3) is 5.06. The largest absolute Gasteiger partial charge is 0.394 e. The van der Waals surface area contributed by atoms with Crippen LogP contribution in [0.2, 0.25) is 0 Å². The molecule has 0 bridgehead atoms. The highest BCUT2D eigenvalue weighted by molar-refractivity contribution is 7.99. The minimum absolute atomic E-state index is 0.0774. The van der Waals surface area contributed by atoms with Crippen molar-refractivity contribution in [2.75, 3.05) is 20.3 Å². The Bertz CT molecular complexity index is 860. The van der Waals surface area contributed by atoms with E-state index < -0.39 is 5.54 Å². The van der Waals surface area contributed by atoms with Gasteiger partial charge in [-0.2, -0.15) is 0 Å². The lowest BCUT2D eigenvalue weighted by atomic mass is 9.93. The number of aromatic nitrogens is 1. The molecule has 3 rings (SSSR count). The summed E-state index contributed by atoms with van der Waals surface area (Å²) < 4.78 is 0. The van der Waals surface area contributed by atoms with Crippen LogP contribution in [0.3, 0.4) is 0 Å². The highest BCUT2D eigenvalue weighted by Crippen LogP contribution is 2.30. The number of aliphatic hydroxyl groups is 2. The Kier molecular flexibility index (Phi) is 6.97. The summed E-state index contributed by atoms with van der Waals surface area (Å²) in [6, 6.07) is 21.3. The normalized spacial score (nSPS) is 11.7. The number of rotatable bonds is 9. The van der Waals surface area contributed by atoms with E-state index in [2.05, 4.69) is 77.9 Å². The summed E-state index contributed by atoms with van der Waals surface area (Å²) in [5.74, 6) is 0. The van der Waals surface area contributed by atoms with E-state index in [9.17, 15) is 10.2 Å². The maximum atomic E-state index is 9.53. The number of aliphatic hydroxyl groups excluding tert-OH is 2. The van der Waals surface area contributed by atoms with Crippen LogP contribution in [-0.2, 0) is 6.42 Å². The van der Waals surface area contributed by atoms with Gasteiger partial charge in [0, 0.05) is 21.2 Å². The number of aryl methyl sites for hydroxylation is 2. The molecule has 0 atom stereocenters. The molecule has 3 aromatic rings. The van der Waals surface area contributed by atoms with Gasteiger partial charge in [-0.05, 0) is 74.3 Å². The van der Waals surface area contributed by atoms with Gasteiger partial charge in [-0.3, -0.25) is 0 Å². The van der Waals surface area contributed by atoms with Gasteiger partial charge in [0.1, 0.15) is 0 Å². The molecule has 0 aliphatic rings. The molecule has 5 heteroatoms. The van der Waals surface area contributed by atoms with Crippen molar-refractivity contribution in [3.63, 3.8) is 0 Å². The standard InChI is InChI=1S/C23H28N2O2S/c1-17-3-12-22(25-17)19-6-10-21(11-7-19)28-20-8-4-18(5-9-20)13-14-23(15-26,16-27)24-2/h3-12,24-27H,13-16H2,1-2H3. The molecule has 1 aromatic heterocycles. The Hall–Kier alpha value is -2.05. The van der Waals surface area contributed by atoms with Gasteiger partial charge in [-0.25, -0.2) is 0 Å². The van der Waals surface area contributed by atoms with Crippen LogP contribution in [-0.4, -0.2) is 41.0 Å². The van der Waals surface area contributed by atoms with E-state index in [1.54, 1.807) is 18.8 Å². The van der Waals surface area contributed by atoms with Gasteiger partial charge in [0.05, 0.1) is 18.8 Å². The van der Waals surface area contributed by atoms with Gasteiger partial charge >= 0.3 is 0 Å². The molecule has 0 amide bonds. The molecule has 0 radical (unpaired) electrons. The smallest absolute Gasteiger partial charge is 0.0648 e. The average Bonchev–Trinajstić information content (AvgIpc) is 3.17. The Labute approximate surface area is 171 Å². The lowest BCUT2D eigenvalue weighted by Crippen LogP contribution is -2.50. The first-order chi connectivity index (χ1) is 13.6. The van der Waals surface area contributed by atoms with Crippen molar-refractivity contribution in [3.05, 3.63) is 71.9 Å². The zero-order valence-electron chi connectivity index (χ0n) is 16.4. The molecule has 0 aliphatic heterocycles. The first-order valence-electron chi connectivity index (χ1n) is 9.51. The summed E-state index contributed by atoms with van der Waals surface area (Å²) in [6.07, 6.45) is 1.49. The predicted molar refractivity (Wildman–Crippen MR) is 116 cm³/mol. The quantitative estimate of drug-likeness (QED) is 0.441. The second kappa shape index (κ2) is 9.43. The molecule has 0 unspecified atom stereocenters. The lowest BCUT2D eigenvalue weighted by Gasteiger charge is -2.29. The van der Waals surface area contributed by atoms with Crippen LogP contribution < -0.4 is 5.32 Å². The highest BCUT2D eigenvalue weighted by Gasteiger charge is 2.25. The molecule has 1 heterocycles. The first-order valence-corrected chi connectivity index (χ1v) is 10.3. The maximum absolute atomic E-state index is 9.53. The highest BCUT2D eigenvalue weighted by atomic mass is 32.2. The molecule has 0 saturated carbocycles. The van der Waals surface area contributed by atoms with Crippen LogP contribution >= 0.6 is 11.8 Å². The fourth-order valence-electron chi connectivity index (χ4n) is 3.11. The van der Waals surface area contributed by atoms with Gasteiger partial charge in [0.15, 0.2) is 0 Å². The second-order valence-corrected chi connectivity index (χ2v) is 8.32. The van der Waals surface area contributed by atoms with Crippen LogP contribution in [0.4, 0.5) is 0 Å². The summed E-state index contributed by atoms with van der Waals surface area (Å²) in [6.45, 7) is 1.90. The number of nitrogens with one attached hydrogen (secondary N) is 2. The zero-order valence-corrected chi connectivity index (χ0v) is 17.2. The van der Waals surface area contributed by atoms with Crippen LogP contribution in [0, 0.1) is 6.92 Å². The summed E-state index contributed by atoms with van der Waals surface area (Å²) in [7, 11) is 1.77. The van der Waals surface area contributed by atoms with Crippen LogP contribution in [0.25, 0.3) is 11.3 Å². The fourth-order valence-corrected chi connectivity index (χ4v) is 3.93. The van der Waals surface area contributed by atoms with E-state index in [0.717, 1.165) is 12.1 Å². The van der Waals surface area contributed by atoms with Crippen molar-refractivity contribution in [3.8, 4) is 11.3 Å².